The highest BCUT2D eigenvalue weighted by Gasteiger charge is 2.29. The highest BCUT2D eigenvalue weighted by molar-refractivity contribution is 7.18. The van der Waals surface area contributed by atoms with E-state index in [0.717, 1.165) is 24.8 Å². The molecule has 1 aliphatic rings. The van der Waals surface area contributed by atoms with Crippen molar-refractivity contribution in [3.63, 3.8) is 0 Å². The van der Waals surface area contributed by atoms with Crippen molar-refractivity contribution in [2.24, 2.45) is 0 Å². The Morgan fingerprint density at radius 2 is 2.11 bits per heavy atom. The molecule has 0 aromatic carbocycles. The molecule has 0 saturated heterocycles. The van der Waals surface area contributed by atoms with Gasteiger partial charge in [-0.25, -0.2) is 14.4 Å². The summed E-state index contributed by atoms with van der Waals surface area (Å²) >= 11 is 7.27. The van der Waals surface area contributed by atoms with Gasteiger partial charge in [-0.05, 0) is 50.8 Å². The average Bonchev–Trinajstić information content (AvgIpc) is 3.66. The molecule has 4 heterocycles. The maximum atomic E-state index is 15.0. The molecule has 1 aliphatic carbocycles. The van der Waals surface area contributed by atoms with Crippen LogP contribution < -0.4 is 5.32 Å². The van der Waals surface area contributed by atoms with E-state index in [4.69, 9.17) is 16.6 Å². The lowest BCUT2D eigenvalue weighted by atomic mass is 9.90. The number of nitrogens with zero attached hydrogens (tertiary/aromatic N) is 6. The second kappa shape index (κ2) is 10.8. The molecule has 190 valence electrons. The lowest BCUT2D eigenvalue weighted by molar-refractivity contribution is 0.0925. The summed E-state index contributed by atoms with van der Waals surface area (Å²) in [7, 11) is 0. The Morgan fingerprint density at radius 3 is 2.84 bits per heavy atom. The quantitative estimate of drug-likeness (QED) is 0.288. The summed E-state index contributed by atoms with van der Waals surface area (Å²) in [6.45, 7) is 5.84. The van der Waals surface area contributed by atoms with Gasteiger partial charge in [0.25, 0.3) is 5.91 Å². The molecule has 0 bridgehead atoms. The molecule has 4 aromatic heterocycles. The number of nitrogens with one attached hydrogen (secondary N) is 1. The number of hydrogen-bond acceptors (Lipinski definition) is 6. The molecule has 5 rings (SSSR count). The first kappa shape index (κ1) is 25.0. The topological polar surface area (TPSA) is 90.5 Å². The van der Waals surface area contributed by atoms with Crippen molar-refractivity contribution in [2.45, 2.75) is 44.7 Å². The summed E-state index contributed by atoms with van der Waals surface area (Å²) in [5.74, 6) is 0.352. The Kier molecular flexibility index (Phi) is 7.29. The first-order chi connectivity index (χ1) is 17.9. The molecule has 8 nitrogen and oxygen atoms in total. The third-order valence-electron chi connectivity index (χ3n) is 6.32. The maximum absolute atomic E-state index is 15.0. The molecule has 0 aliphatic heterocycles. The lowest BCUT2D eigenvalue weighted by Gasteiger charge is -2.32. The van der Waals surface area contributed by atoms with E-state index < -0.39 is 5.83 Å². The van der Waals surface area contributed by atoms with Crippen LogP contribution in [0.3, 0.4) is 0 Å². The Morgan fingerprint density at radius 1 is 1.30 bits per heavy atom. The average molecular weight is 538 g/mol. The van der Waals surface area contributed by atoms with Crippen molar-refractivity contribution < 1.29 is 9.18 Å². The molecule has 2 unspecified atom stereocenters. The summed E-state index contributed by atoms with van der Waals surface area (Å²) < 4.78 is 17.6. The van der Waals surface area contributed by atoms with Crippen LogP contribution in [0.5, 0.6) is 0 Å². The Labute approximate surface area is 222 Å². The number of amides is 1. The van der Waals surface area contributed by atoms with Gasteiger partial charge < -0.3 is 9.88 Å². The maximum Gasteiger partial charge on any atom is 0.261 e. The third kappa shape index (κ3) is 5.26. The zero-order valence-corrected chi connectivity index (χ0v) is 21.7. The molecular formula is C26H25ClFN7OS. The summed E-state index contributed by atoms with van der Waals surface area (Å²) in [6, 6.07) is 5.20. The number of pyridine rings is 1. The van der Waals surface area contributed by atoms with E-state index in [1.807, 2.05) is 17.6 Å². The van der Waals surface area contributed by atoms with Crippen molar-refractivity contribution in [2.75, 3.05) is 0 Å². The monoisotopic (exact) mass is 537 g/mol. The predicted molar refractivity (Wildman–Crippen MR) is 144 cm³/mol. The van der Waals surface area contributed by atoms with Gasteiger partial charge in [-0.3, -0.25) is 4.79 Å². The number of imidazole rings is 1. The SMILES string of the molecule is C=C(/C(F)=C\C=C/C)c1nc2cnc(-n3nccn3)cc2n1C1CCCC(NC(=O)c2ccc(Cl)s2)C1. The van der Waals surface area contributed by atoms with Crippen LogP contribution in [0.2, 0.25) is 4.34 Å². The number of fused-ring (bicyclic) bond motifs is 1. The number of carbonyl (C=O) groups is 1. The lowest BCUT2D eigenvalue weighted by Crippen LogP contribution is -2.38. The molecule has 11 heteroatoms. The summed E-state index contributed by atoms with van der Waals surface area (Å²) in [6.07, 6.45) is 12.8. The number of carbonyl (C=O) groups excluding carboxylic acids is 1. The normalized spacial score (nSPS) is 18.5. The van der Waals surface area contributed by atoms with E-state index in [-0.39, 0.29) is 23.6 Å². The van der Waals surface area contributed by atoms with Crippen LogP contribution in [0.1, 0.15) is 54.1 Å². The number of rotatable bonds is 7. The van der Waals surface area contributed by atoms with E-state index in [2.05, 4.69) is 27.1 Å². The van der Waals surface area contributed by atoms with E-state index in [0.29, 0.717) is 32.8 Å². The minimum atomic E-state index is -0.466. The highest BCUT2D eigenvalue weighted by Crippen LogP contribution is 2.36. The standard InChI is InChI=1S/C26H25ClFN7OS/c1-3-4-8-19(28)16(2)25-33-20-15-29-24(35-30-11-12-31-35)14-21(20)34(25)18-7-5-6-17(13-18)32-26(36)22-9-10-23(27)37-22/h3-4,8-12,14-15,17-18H,2,5-7,13H2,1H3,(H,32,36)/b4-3-,19-8+. The molecule has 37 heavy (non-hydrogen) atoms. The van der Waals surface area contributed by atoms with Gasteiger partial charge in [0.2, 0.25) is 0 Å². The van der Waals surface area contributed by atoms with Crippen LogP contribution >= 0.6 is 22.9 Å². The Balaban J connectivity index is 1.52. The van der Waals surface area contributed by atoms with Crippen LogP contribution in [0.4, 0.5) is 4.39 Å². The first-order valence-corrected chi connectivity index (χ1v) is 13.1. The van der Waals surface area contributed by atoms with Crippen molar-refractivity contribution in [3.8, 4) is 5.82 Å². The van der Waals surface area contributed by atoms with Gasteiger partial charge in [0, 0.05) is 23.7 Å². The second-order valence-electron chi connectivity index (χ2n) is 8.77. The second-order valence-corrected chi connectivity index (χ2v) is 10.5. The number of halogens is 2. The van der Waals surface area contributed by atoms with Crippen molar-refractivity contribution >= 4 is 45.5 Å². The molecule has 1 fully saturated rings. The van der Waals surface area contributed by atoms with Crippen LogP contribution in [-0.4, -0.2) is 41.5 Å². The van der Waals surface area contributed by atoms with Gasteiger partial charge in [-0.2, -0.15) is 10.2 Å². The Hall–Kier alpha value is -3.63. The predicted octanol–water partition coefficient (Wildman–Crippen LogP) is 6.08. The van der Waals surface area contributed by atoms with E-state index in [1.165, 1.54) is 22.2 Å². The molecule has 1 saturated carbocycles. The molecule has 0 radical (unpaired) electrons. The molecule has 1 amide bonds. The summed E-state index contributed by atoms with van der Waals surface area (Å²) in [5, 5.41) is 11.5. The number of thiophene rings is 1. The van der Waals surface area contributed by atoms with E-state index in [9.17, 15) is 4.79 Å². The fourth-order valence-corrected chi connectivity index (χ4v) is 5.57. The van der Waals surface area contributed by atoms with Crippen molar-refractivity contribution in [1.82, 2.24) is 34.8 Å². The zero-order chi connectivity index (χ0) is 25.9. The van der Waals surface area contributed by atoms with E-state index >= 15 is 4.39 Å². The summed E-state index contributed by atoms with van der Waals surface area (Å²) in [4.78, 5) is 24.0. The van der Waals surface area contributed by atoms with Crippen LogP contribution in [0.25, 0.3) is 22.4 Å². The minimum Gasteiger partial charge on any atom is -0.349 e. The first-order valence-electron chi connectivity index (χ1n) is 11.9. The fraction of sp³-hybridized carbons (Fsp3) is 0.269. The zero-order valence-electron chi connectivity index (χ0n) is 20.1. The fourth-order valence-electron chi connectivity index (χ4n) is 4.62. The van der Waals surface area contributed by atoms with Crippen LogP contribution in [-0.2, 0) is 0 Å². The molecule has 4 aromatic rings. The van der Waals surface area contributed by atoms with Crippen LogP contribution in [0.15, 0.2) is 67.4 Å². The number of hydrogen-bond donors (Lipinski definition) is 1. The van der Waals surface area contributed by atoms with Gasteiger partial charge >= 0.3 is 0 Å². The van der Waals surface area contributed by atoms with Gasteiger partial charge in [0.05, 0.1) is 33.3 Å². The smallest absolute Gasteiger partial charge is 0.261 e. The Bertz CT molecular complexity index is 1500. The molecule has 0 spiro atoms. The van der Waals surface area contributed by atoms with Gasteiger partial charge in [0.15, 0.2) is 5.82 Å². The minimum absolute atomic E-state index is 0.0435. The molecular weight excluding hydrogens is 513 g/mol. The van der Waals surface area contributed by atoms with Crippen molar-refractivity contribution in [1.29, 1.82) is 0 Å². The van der Waals surface area contributed by atoms with Crippen LogP contribution in [0, 0.1) is 0 Å². The molecule has 1 N–H and O–H groups in total. The largest absolute Gasteiger partial charge is 0.349 e. The third-order valence-corrected chi connectivity index (χ3v) is 7.55. The number of aromatic nitrogens is 6. The van der Waals surface area contributed by atoms with Gasteiger partial charge in [-0.15, -0.1) is 16.1 Å². The summed E-state index contributed by atoms with van der Waals surface area (Å²) in [5.41, 5.74) is 1.58. The molecule has 2 atom stereocenters. The van der Waals surface area contributed by atoms with E-state index in [1.54, 1.807) is 42.9 Å². The van der Waals surface area contributed by atoms with Crippen molar-refractivity contribution in [3.05, 3.63) is 82.5 Å². The highest BCUT2D eigenvalue weighted by atomic mass is 35.5. The van der Waals surface area contributed by atoms with Gasteiger partial charge in [0.1, 0.15) is 17.2 Å². The number of allylic oxidation sites excluding steroid dienone is 5. The van der Waals surface area contributed by atoms with Gasteiger partial charge in [-0.1, -0.05) is 30.3 Å².